The standard InChI is InChI=1S/C16H20N4O3/c21-16(18-6-3-13-10-17-11-20-13)12-1-2-15(19-9-12)23-14-4-7-22-8-5-14/h1-2,9-11,14H,3-8H2,(H,17,20)(H,18,21). The van der Waals surface area contributed by atoms with Crippen LogP contribution in [-0.2, 0) is 11.2 Å². The topological polar surface area (TPSA) is 89.1 Å². The number of imidazole rings is 1. The summed E-state index contributed by atoms with van der Waals surface area (Å²) < 4.78 is 11.1. The number of aromatic nitrogens is 3. The van der Waals surface area contributed by atoms with Crippen LogP contribution in [0.5, 0.6) is 5.88 Å². The van der Waals surface area contributed by atoms with Gasteiger partial charge in [-0.15, -0.1) is 0 Å². The number of carbonyl (C=O) groups is 1. The molecule has 1 aliphatic heterocycles. The molecule has 7 nitrogen and oxygen atoms in total. The number of ether oxygens (including phenoxy) is 2. The van der Waals surface area contributed by atoms with Crippen molar-refractivity contribution in [3.63, 3.8) is 0 Å². The Bertz CT molecular complexity index is 607. The number of hydrogen-bond donors (Lipinski definition) is 2. The van der Waals surface area contributed by atoms with Gasteiger partial charge in [-0.2, -0.15) is 0 Å². The summed E-state index contributed by atoms with van der Waals surface area (Å²) in [7, 11) is 0. The molecule has 0 aliphatic carbocycles. The predicted octanol–water partition coefficient (Wildman–Crippen LogP) is 1.33. The third kappa shape index (κ3) is 4.53. The number of aromatic amines is 1. The molecule has 23 heavy (non-hydrogen) atoms. The van der Waals surface area contributed by atoms with Gasteiger partial charge in [-0.1, -0.05) is 0 Å². The number of nitrogens with zero attached hydrogens (tertiary/aromatic N) is 2. The molecule has 0 saturated carbocycles. The van der Waals surface area contributed by atoms with E-state index in [1.165, 1.54) is 0 Å². The van der Waals surface area contributed by atoms with E-state index in [2.05, 4.69) is 20.3 Å². The van der Waals surface area contributed by atoms with Gasteiger partial charge in [0.15, 0.2) is 0 Å². The maximum Gasteiger partial charge on any atom is 0.252 e. The van der Waals surface area contributed by atoms with Gasteiger partial charge in [0.2, 0.25) is 5.88 Å². The number of hydrogen-bond acceptors (Lipinski definition) is 5. The van der Waals surface area contributed by atoms with Crippen LogP contribution in [0.1, 0.15) is 28.9 Å². The Morgan fingerprint density at radius 3 is 2.91 bits per heavy atom. The fourth-order valence-corrected chi connectivity index (χ4v) is 2.38. The molecular weight excluding hydrogens is 296 g/mol. The summed E-state index contributed by atoms with van der Waals surface area (Å²) in [5.41, 5.74) is 1.51. The smallest absolute Gasteiger partial charge is 0.252 e. The second kappa shape index (κ2) is 7.73. The van der Waals surface area contributed by atoms with Gasteiger partial charge in [0.1, 0.15) is 6.10 Å². The molecule has 0 aromatic carbocycles. The molecule has 3 heterocycles. The lowest BCUT2D eigenvalue weighted by Gasteiger charge is -2.22. The minimum atomic E-state index is -0.144. The van der Waals surface area contributed by atoms with E-state index in [1.54, 1.807) is 30.9 Å². The molecule has 0 bridgehead atoms. The minimum absolute atomic E-state index is 0.144. The molecular formula is C16H20N4O3. The summed E-state index contributed by atoms with van der Waals surface area (Å²) >= 11 is 0. The maximum absolute atomic E-state index is 12.0. The Kier molecular flexibility index (Phi) is 5.21. The van der Waals surface area contributed by atoms with Crippen molar-refractivity contribution in [1.82, 2.24) is 20.3 Å². The molecule has 0 unspecified atom stereocenters. The molecule has 1 aliphatic rings. The zero-order valence-electron chi connectivity index (χ0n) is 12.8. The summed E-state index contributed by atoms with van der Waals surface area (Å²) in [6.45, 7) is 1.99. The molecule has 1 fully saturated rings. The number of amides is 1. The van der Waals surface area contributed by atoms with E-state index < -0.39 is 0 Å². The summed E-state index contributed by atoms with van der Waals surface area (Å²) in [4.78, 5) is 23.2. The molecule has 2 aromatic rings. The van der Waals surface area contributed by atoms with Crippen LogP contribution < -0.4 is 10.1 Å². The van der Waals surface area contributed by atoms with Gasteiger partial charge in [0.05, 0.1) is 25.1 Å². The molecule has 1 amide bonds. The molecule has 122 valence electrons. The first-order valence-corrected chi connectivity index (χ1v) is 7.77. The number of rotatable bonds is 6. The maximum atomic E-state index is 12.0. The van der Waals surface area contributed by atoms with Crippen LogP contribution in [-0.4, -0.2) is 46.7 Å². The van der Waals surface area contributed by atoms with Crippen molar-refractivity contribution in [3.05, 3.63) is 42.1 Å². The van der Waals surface area contributed by atoms with Gasteiger partial charge in [-0.3, -0.25) is 4.79 Å². The summed E-state index contributed by atoms with van der Waals surface area (Å²) in [5, 5.41) is 2.85. The first kappa shape index (κ1) is 15.5. The highest BCUT2D eigenvalue weighted by Gasteiger charge is 2.16. The van der Waals surface area contributed by atoms with E-state index in [4.69, 9.17) is 9.47 Å². The average molecular weight is 316 g/mol. The van der Waals surface area contributed by atoms with Crippen LogP contribution in [0.25, 0.3) is 0 Å². The average Bonchev–Trinajstić information content (AvgIpc) is 3.10. The van der Waals surface area contributed by atoms with Gasteiger partial charge in [-0.25, -0.2) is 9.97 Å². The van der Waals surface area contributed by atoms with Crippen LogP contribution in [0.2, 0.25) is 0 Å². The Morgan fingerprint density at radius 1 is 1.35 bits per heavy atom. The minimum Gasteiger partial charge on any atom is -0.474 e. The van der Waals surface area contributed by atoms with Crippen molar-refractivity contribution in [2.24, 2.45) is 0 Å². The van der Waals surface area contributed by atoms with E-state index in [0.717, 1.165) is 31.7 Å². The molecule has 7 heteroatoms. The van der Waals surface area contributed by atoms with Crippen molar-refractivity contribution < 1.29 is 14.3 Å². The van der Waals surface area contributed by atoms with Crippen molar-refractivity contribution in [2.45, 2.75) is 25.4 Å². The van der Waals surface area contributed by atoms with Crippen LogP contribution in [0, 0.1) is 0 Å². The molecule has 0 radical (unpaired) electrons. The van der Waals surface area contributed by atoms with Crippen molar-refractivity contribution in [3.8, 4) is 5.88 Å². The monoisotopic (exact) mass is 316 g/mol. The summed E-state index contributed by atoms with van der Waals surface area (Å²) in [6, 6.07) is 3.46. The zero-order chi connectivity index (χ0) is 15.9. The first-order valence-electron chi connectivity index (χ1n) is 7.77. The Morgan fingerprint density at radius 2 is 2.22 bits per heavy atom. The van der Waals surface area contributed by atoms with Gasteiger partial charge < -0.3 is 19.8 Å². The lowest BCUT2D eigenvalue weighted by atomic mass is 10.1. The van der Waals surface area contributed by atoms with Crippen LogP contribution in [0.4, 0.5) is 0 Å². The van der Waals surface area contributed by atoms with Crippen LogP contribution in [0.3, 0.4) is 0 Å². The molecule has 3 rings (SSSR count). The van der Waals surface area contributed by atoms with Crippen LogP contribution in [0.15, 0.2) is 30.9 Å². The number of H-pyrrole nitrogens is 1. The third-order valence-electron chi connectivity index (χ3n) is 3.69. The van der Waals surface area contributed by atoms with E-state index in [1.807, 2.05) is 0 Å². The lowest BCUT2D eigenvalue weighted by Crippen LogP contribution is -2.27. The van der Waals surface area contributed by atoms with Crippen molar-refractivity contribution in [2.75, 3.05) is 19.8 Å². The van der Waals surface area contributed by atoms with Gasteiger partial charge in [0, 0.05) is 50.0 Å². The summed E-state index contributed by atoms with van der Waals surface area (Å²) in [6.07, 6.45) is 7.51. The Hall–Kier alpha value is -2.41. The normalized spacial score (nSPS) is 15.3. The van der Waals surface area contributed by atoms with E-state index in [0.29, 0.717) is 24.4 Å². The van der Waals surface area contributed by atoms with Crippen molar-refractivity contribution >= 4 is 5.91 Å². The Balaban J connectivity index is 1.46. The number of carbonyl (C=O) groups excluding carboxylic acids is 1. The van der Waals surface area contributed by atoms with Crippen molar-refractivity contribution in [1.29, 1.82) is 0 Å². The highest BCUT2D eigenvalue weighted by Crippen LogP contribution is 2.15. The molecule has 1 saturated heterocycles. The van der Waals surface area contributed by atoms with Gasteiger partial charge in [0.25, 0.3) is 5.91 Å². The molecule has 0 atom stereocenters. The highest BCUT2D eigenvalue weighted by molar-refractivity contribution is 5.93. The quantitative estimate of drug-likeness (QED) is 0.839. The second-order valence-corrected chi connectivity index (χ2v) is 5.40. The molecule has 2 aromatic heterocycles. The third-order valence-corrected chi connectivity index (χ3v) is 3.69. The SMILES string of the molecule is O=C(NCCc1cnc[nH]1)c1ccc(OC2CCOCC2)nc1. The molecule has 2 N–H and O–H groups in total. The van der Waals surface area contributed by atoms with Crippen LogP contribution >= 0.6 is 0 Å². The number of pyridine rings is 1. The molecule has 0 spiro atoms. The second-order valence-electron chi connectivity index (χ2n) is 5.40. The predicted molar refractivity (Wildman–Crippen MR) is 83.3 cm³/mol. The highest BCUT2D eigenvalue weighted by atomic mass is 16.5. The van der Waals surface area contributed by atoms with E-state index in [-0.39, 0.29) is 12.0 Å². The van der Waals surface area contributed by atoms with E-state index >= 15 is 0 Å². The first-order chi connectivity index (χ1) is 11.3. The van der Waals surface area contributed by atoms with Gasteiger partial charge in [-0.05, 0) is 6.07 Å². The fraction of sp³-hybridized carbons (Fsp3) is 0.438. The van der Waals surface area contributed by atoms with Gasteiger partial charge >= 0.3 is 0 Å². The zero-order valence-corrected chi connectivity index (χ0v) is 12.8. The largest absolute Gasteiger partial charge is 0.474 e. The Labute approximate surface area is 134 Å². The van der Waals surface area contributed by atoms with E-state index in [9.17, 15) is 4.79 Å². The number of nitrogens with one attached hydrogen (secondary N) is 2. The summed E-state index contributed by atoms with van der Waals surface area (Å²) in [5.74, 6) is 0.403. The fourth-order valence-electron chi connectivity index (χ4n) is 2.38. The lowest BCUT2D eigenvalue weighted by molar-refractivity contribution is 0.0237.